The first-order chi connectivity index (χ1) is 16.1. The molecule has 2 aromatic heterocycles. The minimum absolute atomic E-state index is 0.0391. The number of rotatable bonds is 6. The van der Waals surface area contributed by atoms with E-state index in [0.29, 0.717) is 10.6 Å². The number of aromatic nitrogens is 5. The highest BCUT2D eigenvalue weighted by molar-refractivity contribution is 7.99. The smallest absolute Gasteiger partial charge is 0.324 e. The summed E-state index contributed by atoms with van der Waals surface area (Å²) in [7, 11) is 0. The number of anilines is 1. The number of halogens is 5. The van der Waals surface area contributed by atoms with Crippen LogP contribution in [0.4, 0.5) is 18.9 Å². The first-order valence-electron chi connectivity index (χ1n) is 9.49. The lowest BCUT2D eigenvalue weighted by Crippen LogP contribution is -2.19. The van der Waals surface area contributed by atoms with E-state index in [1.54, 1.807) is 24.3 Å². The van der Waals surface area contributed by atoms with Crippen molar-refractivity contribution in [3.05, 3.63) is 79.7 Å². The first-order valence-corrected chi connectivity index (χ1v) is 11.2. The summed E-state index contributed by atoms with van der Waals surface area (Å²) in [6, 6.07) is 9.63. The Labute approximate surface area is 203 Å². The second kappa shape index (κ2) is 9.65. The van der Waals surface area contributed by atoms with Crippen LogP contribution in [0.3, 0.4) is 0 Å². The normalized spacial score (nSPS) is 11.7. The fourth-order valence-electron chi connectivity index (χ4n) is 2.91. The summed E-state index contributed by atoms with van der Waals surface area (Å²) in [5.74, 6) is -0.783. The van der Waals surface area contributed by atoms with Crippen LogP contribution in [0.25, 0.3) is 5.78 Å². The van der Waals surface area contributed by atoms with Crippen molar-refractivity contribution in [2.24, 2.45) is 0 Å². The number of hydrogen-bond acceptors (Lipinski definition) is 6. The minimum Gasteiger partial charge on any atom is -0.324 e. The molecule has 0 fully saturated rings. The molecule has 2 heterocycles. The monoisotopic (exact) mass is 528 g/mol. The van der Waals surface area contributed by atoms with Gasteiger partial charge in [0.05, 0.1) is 22.0 Å². The second-order valence-electron chi connectivity index (χ2n) is 6.92. The second-order valence-corrected chi connectivity index (χ2v) is 8.67. The maximum Gasteiger partial charge on any atom is 0.416 e. The lowest BCUT2D eigenvalue weighted by atomic mass is 10.1. The van der Waals surface area contributed by atoms with Gasteiger partial charge in [-0.25, -0.2) is 0 Å². The largest absolute Gasteiger partial charge is 0.416 e. The third kappa shape index (κ3) is 5.34. The van der Waals surface area contributed by atoms with E-state index in [-0.39, 0.29) is 39.5 Å². The van der Waals surface area contributed by atoms with Gasteiger partial charge in [-0.3, -0.25) is 14.6 Å². The molecule has 0 aliphatic heterocycles. The van der Waals surface area contributed by atoms with Crippen LogP contribution >= 0.6 is 35.0 Å². The van der Waals surface area contributed by atoms with Crippen molar-refractivity contribution in [1.29, 1.82) is 0 Å². The Morgan fingerprint density at radius 2 is 1.88 bits per heavy atom. The zero-order valence-electron chi connectivity index (χ0n) is 16.9. The molecule has 8 nitrogen and oxygen atoms in total. The van der Waals surface area contributed by atoms with Gasteiger partial charge in [-0.05, 0) is 29.8 Å². The summed E-state index contributed by atoms with van der Waals surface area (Å²) in [4.78, 5) is 27.3. The van der Waals surface area contributed by atoms with E-state index in [2.05, 4.69) is 25.6 Å². The lowest BCUT2D eigenvalue weighted by Gasteiger charge is -2.11. The van der Waals surface area contributed by atoms with Crippen LogP contribution in [0.15, 0.2) is 52.4 Å². The number of hydrogen-bond donors (Lipinski definition) is 2. The molecule has 0 bridgehead atoms. The van der Waals surface area contributed by atoms with E-state index >= 15 is 0 Å². The van der Waals surface area contributed by atoms with Gasteiger partial charge in [0.1, 0.15) is 5.69 Å². The van der Waals surface area contributed by atoms with Crippen molar-refractivity contribution in [3.8, 4) is 0 Å². The van der Waals surface area contributed by atoms with Gasteiger partial charge in [-0.1, -0.05) is 53.2 Å². The molecule has 0 spiro atoms. The number of alkyl halides is 3. The highest BCUT2D eigenvalue weighted by atomic mass is 35.5. The molecule has 4 rings (SSSR count). The van der Waals surface area contributed by atoms with Gasteiger partial charge in [0.2, 0.25) is 11.1 Å². The number of carbonyl (C=O) groups excluding carboxylic acids is 1. The van der Waals surface area contributed by atoms with Gasteiger partial charge in [0.15, 0.2) is 0 Å². The van der Waals surface area contributed by atoms with Gasteiger partial charge in [-0.2, -0.15) is 22.8 Å². The third-order valence-electron chi connectivity index (χ3n) is 4.54. The minimum atomic E-state index is -4.58. The number of aromatic amines is 1. The molecule has 0 saturated carbocycles. The zero-order chi connectivity index (χ0) is 24.5. The summed E-state index contributed by atoms with van der Waals surface area (Å²) in [5, 5.41) is 15.0. The van der Waals surface area contributed by atoms with Crippen LogP contribution in [0, 0.1) is 0 Å². The number of nitrogens with zero attached hydrogens (tertiary/aromatic N) is 4. The highest BCUT2D eigenvalue weighted by Gasteiger charge is 2.31. The van der Waals surface area contributed by atoms with Crippen LogP contribution in [-0.4, -0.2) is 36.5 Å². The van der Waals surface area contributed by atoms with Gasteiger partial charge in [0, 0.05) is 11.4 Å². The van der Waals surface area contributed by atoms with Gasteiger partial charge < -0.3 is 5.32 Å². The number of carbonyl (C=O) groups is 1. The van der Waals surface area contributed by atoms with E-state index in [1.807, 2.05) is 0 Å². The molecule has 2 aromatic carbocycles. The summed E-state index contributed by atoms with van der Waals surface area (Å²) in [6.45, 7) is 0. The Kier molecular flexibility index (Phi) is 6.82. The molecule has 0 aliphatic carbocycles. The predicted octanol–water partition coefficient (Wildman–Crippen LogP) is 4.46. The van der Waals surface area contributed by atoms with Crippen molar-refractivity contribution in [3.63, 3.8) is 0 Å². The Bertz CT molecular complexity index is 1440. The Morgan fingerprint density at radius 3 is 2.62 bits per heavy atom. The number of benzene rings is 2. The Hall–Kier alpha value is -3.09. The molecule has 1 amide bonds. The van der Waals surface area contributed by atoms with Crippen molar-refractivity contribution >= 4 is 52.3 Å². The van der Waals surface area contributed by atoms with E-state index in [4.69, 9.17) is 23.2 Å². The molecule has 0 atom stereocenters. The Morgan fingerprint density at radius 1 is 1.12 bits per heavy atom. The lowest BCUT2D eigenvalue weighted by molar-refractivity contribution is -0.137. The van der Waals surface area contributed by atoms with Crippen LogP contribution in [0.2, 0.25) is 10.0 Å². The molecule has 0 aliphatic rings. The molecular formula is C20H13Cl2F3N6O2S. The maximum absolute atomic E-state index is 12.9. The highest BCUT2D eigenvalue weighted by Crippen LogP contribution is 2.34. The van der Waals surface area contributed by atoms with Crippen LogP contribution in [-0.2, 0) is 17.4 Å². The van der Waals surface area contributed by atoms with Crippen molar-refractivity contribution < 1.29 is 18.0 Å². The van der Waals surface area contributed by atoms with E-state index in [0.717, 1.165) is 30.0 Å². The molecule has 4 aromatic rings. The van der Waals surface area contributed by atoms with Crippen LogP contribution < -0.4 is 10.9 Å². The van der Waals surface area contributed by atoms with Gasteiger partial charge in [-0.15, -0.1) is 10.2 Å². The number of H-pyrrole nitrogens is 1. The molecule has 176 valence electrons. The van der Waals surface area contributed by atoms with E-state index in [1.165, 1.54) is 4.52 Å². The molecule has 14 heteroatoms. The van der Waals surface area contributed by atoms with E-state index < -0.39 is 23.2 Å². The fraction of sp³-hybridized carbons (Fsp3) is 0.150. The van der Waals surface area contributed by atoms with Crippen molar-refractivity contribution in [1.82, 2.24) is 24.8 Å². The fourth-order valence-corrected chi connectivity index (χ4v) is 3.96. The van der Waals surface area contributed by atoms with Gasteiger partial charge in [0.25, 0.3) is 11.3 Å². The molecule has 0 radical (unpaired) electrons. The number of fused-ring (bicyclic) bond motifs is 1. The topological polar surface area (TPSA) is 105 Å². The number of amides is 1. The van der Waals surface area contributed by atoms with Crippen molar-refractivity contribution in [2.75, 3.05) is 11.1 Å². The van der Waals surface area contributed by atoms with Crippen molar-refractivity contribution in [2.45, 2.75) is 17.8 Å². The molecule has 2 N–H and O–H groups in total. The average Bonchev–Trinajstić information content (AvgIpc) is 3.16. The van der Waals surface area contributed by atoms with Crippen LogP contribution in [0.1, 0.15) is 16.8 Å². The number of nitrogens with one attached hydrogen (secondary N) is 2. The average molecular weight is 529 g/mol. The van der Waals surface area contributed by atoms with Gasteiger partial charge >= 0.3 is 6.18 Å². The quantitative estimate of drug-likeness (QED) is 0.358. The SMILES string of the molecule is O=C(CSc1nnc2[nH]c(=O)c(Cc3ccccc3Cl)nn12)Nc1cc(C(F)(F)F)ccc1Cl. The number of thioether (sulfide) groups is 1. The Balaban J connectivity index is 1.50. The maximum atomic E-state index is 12.9. The standard InChI is InChI=1S/C20H13Cl2F3N6O2S/c21-12-4-2-1-3-10(12)7-15-17(33)27-18-28-29-19(31(18)30-15)34-9-16(32)26-14-8-11(20(23,24)25)5-6-13(14)22/h1-6,8H,7,9H2,(H,26,32)(H,27,28,33). The summed E-state index contributed by atoms with van der Waals surface area (Å²) < 4.78 is 40.0. The third-order valence-corrected chi connectivity index (χ3v) is 6.15. The molecule has 34 heavy (non-hydrogen) atoms. The van der Waals surface area contributed by atoms with Crippen LogP contribution in [0.5, 0.6) is 0 Å². The summed E-state index contributed by atoms with van der Waals surface area (Å²) in [5.41, 5.74) is -0.725. The first kappa shape index (κ1) is 24.0. The summed E-state index contributed by atoms with van der Waals surface area (Å²) >= 11 is 13.0. The predicted molar refractivity (Wildman–Crippen MR) is 121 cm³/mol. The zero-order valence-corrected chi connectivity index (χ0v) is 19.2. The summed E-state index contributed by atoms with van der Waals surface area (Å²) in [6.07, 6.45) is -4.43. The van der Waals surface area contributed by atoms with E-state index in [9.17, 15) is 22.8 Å². The molecule has 0 saturated heterocycles. The molecular weight excluding hydrogens is 516 g/mol. The molecule has 0 unspecified atom stereocenters.